The van der Waals surface area contributed by atoms with Crippen molar-refractivity contribution >= 4 is 21.8 Å². The highest BCUT2D eigenvalue weighted by atomic mass is 79.9. The molecule has 2 atom stereocenters. The van der Waals surface area contributed by atoms with Crippen LogP contribution in [0.25, 0.3) is 0 Å². The van der Waals surface area contributed by atoms with Crippen LogP contribution in [0.3, 0.4) is 0 Å². The van der Waals surface area contributed by atoms with Gasteiger partial charge in [-0.05, 0) is 53.4 Å². The normalized spacial score (nSPS) is 23.2. The number of amides is 1. The quantitative estimate of drug-likeness (QED) is 0.838. The van der Waals surface area contributed by atoms with Crippen molar-refractivity contribution in [2.24, 2.45) is 5.92 Å². The Morgan fingerprint density at radius 1 is 1.44 bits per heavy atom. The lowest BCUT2D eigenvalue weighted by Gasteiger charge is -2.21. The summed E-state index contributed by atoms with van der Waals surface area (Å²) < 4.78 is 5.99. The number of methoxy groups -OCH3 is 1. The number of hydrogen-bond acceptors (Lipinski definition) is 2. The van der Waals surface area contributed by atoms with Crippen LogP contribution in [0, 0.1) is 5.92 Å². The van der Waals surface area contributed by atoms with E-state index < -0.39 is 0 Å². The smallest absolute Gasteiger partial charge is 0.254 e. The lowest BCUT2D eigenvalue weighted by atomic mass is 10.1. The van der Waals surface area contributed by atoms with Crippen molar-refractivity contribution < 1.29 is 9.53 Å². The van der Waals surface area contributed by atoms with Crippen LogP contribution in [0.4, 0.5) is 0 Å². The van der Waals surface area contributed by atoms with Gasteiger partial charge in [0.2, 0.25) is 0 Å². The van der Waals surface area contributed by atoms with Gasteiger partial charge in [-0.3, -0.25) is 4.79 Å². The second-order valence-electron chi connectivity index (χ2n) is 5.00. The molecule has 0 N–H and O–H groups in total. The van der Waals surface area contributed by atoms with E-state index in [0.717, 1.165) is 23.2 Å². The van der Waals surface area contributed by atoms with Gasteiger partial charge in [-0.25, -0.2) is 0 Å². The number of nitrogens with zero attached hydrogens (tertiary/aromatic N) is 1. The van der Waals surface area contributed by atoms with Gasteiger partial charge in [0.05, 0.1) is 11.6 Å². The van der Waals surface area contributed by atoms with Crippen molar-refractivity contribution in [1.82, 2.24) is 4.90 Å². The summed E-state index contributed by atoms with van der Waals surface area (Å²) in [6, 6.07) is 5.80. The largest absolute Gasteiger partial charge is 0.496 e. The summed E-state index contributed by atoms with van der Waals surface area (Å²) in [5.41, 5.74) is 0.712. The Morgan fingerprint density at radius 2 is 2.17 bits per heavy atom. The molecule has 3 nitrogen and oxygen atoms in total. The first kappa shape index (κ1) is 13.4. The van der Waals surface area contributed by atoms with Gasteiger partial charge in [-0.15, -0.1) is 0 Å². The van der Waals surface area contributed by atoms with E-state index >= 15 is 0 Å². The van der Waals surface area contributed by atoms with E-state index in [-0.39, 0.29) is 5.91 Å². The second-order valence-corrected chi connectivity index (χ2v) is 5.85. The highest BCUT2D eigenvalue weighted by Crippen LogP contribution is 2.28. The van der Waals surface area contributed by atoms with Crippen LogP contribution in [0.15, 0.2) is 22.7 Å². The fourth-order valence-corrected chi connectivity index (χ4v) is 3.09. The summed E-state index contributed by atoms with van der Waals surface area (Å²) in [5, 5.41) is 0. The number of carbonyl (C=O) groups excluding carboxylic acids is 1. The number of hydrogen-bond donors (Lipinski definition) is 0. The van der Waals surface area contributed by atoms with Gasteiger partial charge >= 0.3 is 0 Å². The molecule has 1 aromatic rings. The zero-order chi connectivity index (χ0) is 13.3. The van der Waals surface area contributed by atoms with Crippen molar-refractivity contribution in [1.29, 1.82) is 0 Å². The Hall–Kier alpha value is -1.03. The van der Waals surface area contributed by atoms with Crippen LogP contribution >= 0.6 is 15.9 Å². The van der Waals surface area contributed by atoms with E-state index in [1.54, 1.807) is 7.11 Å². The predicted molar refractivity (Wildman–Crippen MR) is 75.0 cm³/mol. The molecule has 1 aliphatic rings. The summed E-state index contributed by atoms with van der Waals surface area (Å²) in [6.07, 6.45) is 1.09. The van der Waals surface area contributed by atoms with Crippen molar-refractivity contribution in [3.05, 3.63) is 28.2 Å². The molecule has 0 bridgehead atoms. The SMILES string of the molecule is COc1ccc(C(=O)N2CC(C)CC2C)cc1Br. The average molecular weight is 312 g/mol. The Morgan fingerprint density at radius 3 is 2.67 bits per heavy atom. The van der Waals surface area contributed by atoms with Crippen LogP contribution in [0.1, 0.15) is 30.6 Å². The molecule has 18 heavy (non-hydrogen) atoms. The molecule has 1 heterocycles. The molecule has 1 saturated heterocycles. The van der Waals surface area contributed by atoms with E-state index in [9.17, 15) is 4.79 Å². The summed E-state index contributed by atoms with van der Waals surface area (Å²) in [4.78, 5) is 14.4. The number of ether oxygens (including phenoxy) is 1. The van der Waals surface area contributed by atoms with Crippen LogP contribution in [-0.4, -0.2) is 30.5 Å². The number of likely N-dealkylation sites (tertiary alicyclic amines) is 1. The molecule has 98 valence electrons. The first-order chi connectivity index (χ1) is 8.52. The Kier molecular flexibility index (Phi) is 3.95. The van der Waals surface area contributed by atoms with Gasteiger partial charge in [-0.2, -0.15) is 0 Å². The lowest BCUT2D eigenvalue weighted by molar-refractivity contribution is 0.0743. The van der Waals surface area contributed by atoms with Crippen molar-refractivity contribution in [3.63, 3.8) is 0 Å². The van der Waals surface area contributed by atoms with Gasteiger partial charge in [-0.1, -0.05) is 6.92 Å². The molecule has 0 saturated carbocycles. The molecule has 4 heteroatoms. The Labute approximate surface area is 116 Å². The molecular formula is C14H18BrNO2. The summed E-state index contributed by atoms with van der Waals surface area (Å²) in [7, 11) is 1.62. The molecule has 0 aliphatic carbocycles. The predicted octanol–water partition coefficient (Wildman–Crippen LogP) is 3.33. The van der Waals surface area contributed by atoms with Crippen LogP contribution in [-0.2, 0) is 0 Å². The summed E-state index contributed by atoms with van der Waals surface area (Å²) in [6.45, 7) is 5.15. The standard InChI is InChI=1S/C14H18BrNO2/c1-9-6-10(2)16(8-9)14(17)11-4-5-13(18-3)12(15)7-11/h4-5,7,9-10H,6,8H2,1-3H3. The third-order valence-electron chi connectivity index (χ3n) is 3.44. The molecule has 1 aromatic carbocycles. The molecule has 1 aliphatic heterocycles. The number of halogens is 1. The minimum absolute atomic E-state index is 0.107. The molecule has 0 aromatic heterocycles. The second kappa shape index (κ2) is 5.31. The number of carbonyl (C=O) groups is 1. The molecule has 2 unspecified atom stereocenters. The fourth-order valence-electron chi connectivity index (χ4n) is 2.55. The van der Waals surface area contributed by atoms with E-state index in [1.807, 2.05) is 23.1 Å². The highest BCUT2D eigenvalue weighted by molar-refractivity contribution is 9.10. The molecular weight excluding hydrogens is 294 g/mol. The fraction of sp³-hybridized carbons (Fsp3) is 0.500. The van der Waals surface area contributed by atoms with Crippen LogP contribution in [0.2, 0.25) is 0 Å². The third-order valence-corrected chi connectivity index (χ3v) is 4.06. The van der Waals surface area contributed by atoms with E-state index in [2.05, 4.69) is 29.8 Å². The Bertz CT molecular complexity index is 461. The average Bonchev–Trinajstić information content (AvgIpc) is 2.67. The first-order valence-corrected chi connectivity index (χ1v) is 6.96. The molecule has 1 amide bonds. The third kappa shape index (κ3) is 2.53. The summed E-state index contributed by atoms with van der Waals surface area (Å²) in [5.74, 6) is 1.44. The lowest BCUT2D eigenvalue weighted by Crippen LogP contribution is -2.33. The van der Waals surface area contributed by atoms with Gasteiger partial charge in [0.1, 0.15) is 5.75 Å². The molecule has 2 rings (SSSR count). The zero-order valence-electron chi connectivity index (χ0n) is 10.9. The van der Waals surface area contributed by atoms with Gasteiger partial charge in [0.25, 0.3) is 5.91 Å². The van der Waals surface area contributed by atoms with E-state index in [1.165, 1.54) is 0 Å². The highest BCUT2D eigenvalue weighted by Gasteiger charge is 2.30. The molecule has 1 fully saturated rings. The van der Waals surface area contributed by atoms with Crippen molar-refractivity contribution in [3.8, 4) is 5.75 Å². The maximum Gasteiger partial charge on any atom is 0.254 e. The van der Waals surface area contributed by atoms with Gasteiger partial charge < -0.3 is 9.64 Å². The Balaban J connectivity index is 2.21. The van der Waals surface area contributed by atoms with Crippen LogP contribution < -0.4 is 4.74 Å². The zero-order valence-corrected chi connectivity index (χ0v) is 12.5. The van der Waals surface area contributed by atoms with Crippen LogP contribution in [0.5, 0.6) is 5.75 Å². The monoisotopic (exact) mass is 311 g/mol. The maximum atomic E-state index is 12.4. The maximum absolute atomic E-state index is 12.4. The van der Waals surface area contributed by atoms with E-state index in [4.69, 9.17) is 4.74 Å². The minimum Gasteiger partial charge on any atom is -0.496 e. The van der Waals surface area contributed by atoms with Gasteiger partial charge in [0, 0.05) is 18.2 Å². The molecule has 0 radical (unpaired) electrons. The first-order valence-electron chi connectivity index (χ1n) is 6.17. The van der Waals surface area contributed by atoms with Gasteiger partial charge in [0.15, 0.2) is 0 Å². The summed E-state index contributed by atoms with van der Waals surface area (Å²) >= 11 is 3.42. The van der Waals surface area contributed by atoms with Crippen molar-refractivity contribution in [2.45, 2.75) is 26.3 Å². The number of rotatable bonds is 2. The van der Waals surface area contributed by atoms with E-state index in [0.29, 0.717) is 17.5 Å². The number of benzene rings is 1. The molecule has 0 spiro atoms. The minimum atomic E-state index is 0.107. The van der Waals surface area contributed by atoms with Crippen molar-refractivity contribution in [2.75, 3.05) is 13.7 Å². The topological polar surface area (TPSA) is 29.5 Å².